The first kappa shape index (κ1) is 15.9. The normalized spacial score (nSPS) is 13.3. The molecule has 0 fully saturated rings. The molecule has 0 bridgehead atoms. The molecule has 0 aliphatic carbocycles. The van der Waals surface area contributed by atoms with Crippen LogP contribution in [0.1, 0.15) is 18.1 Å². The molecule has 0 aromatic heterocycles. The second-order valence-electron chi connectivity index (χ2n) is 4.12. The highest BCUT2D eigenvalue weighted by Crippen LogP contribution is 2.21. The van der Waals surface area contributed by atoms with Crippen LogP contribution < -0.4 is 10.5 Å². The van der Waals surface area contributed by atoms with Crippen molar-refractivity contribution in [1.29, 1.82) is 0 Å². The van der Waals surface area contributed by atoms with Crippen molar-refractivity contribution in [2.75, 3.05) is 13.7 Å². The van der Waals surface area contributed by atoms with Gasteiger partial charge in [-0.3, -0.25) is 4.79 Å². The number of amides is 1. The van der Waals surface area contributed by atoms with Crippen molar-refractivity contribution in [1.82, 2.24) is 0 Å². The number of hydrogen-bond acceptors (Lipinski definition) is 6. The molecule has 1 aromatic carbocycles. The number of carbonyl (C=O) groups is 2. The van der Waals surface area contributed by atoms with Crippen LogP contribution in [0.3, 0.4) is 0 Å². The molecule has 0 aliphatic heterocycles. The maximum atomic E-state index is 10.9. The predicted octanol–water partition coefficient (Wildman–Crippen LogP) is -0.492. The first-order chi connectivity index (χ1) is 9.43. The third-order valence-electron chi connectivity index (χ3n) is 2.58. The Kier molecular flexibility index (Phi) is 5.95. The highest BCUT2D eigenvalue weighted by Gasteiger charge is 2.20. The molecule has 0 saturated carbocycles. The second-order valence-corrected chi connectivity index (χ2v) is 4.12. The quantitative estimate of drug-likeness (QED) is 0.581. The zero-order valence-electron chi connectivity index (χ0n) is 11.0. The van der Waals surface area contributed by atoms with Crippen LogP contribution in [0.25, 0.3) is 0 Å². The Bertz CT molecular complexity index is 458. The van der Waals surface area contributed by atoms with Gasteiger partial charge in [0.1, 0.15) is 11.9 Å². The molecule has 110 valence electrons. The van der Waals surface area contributed by atoms with E-state index >= 15 is 0 Å². The number of aliphatic hydroxyl groups excluding tert-OH is 2. The minimum atomic E-state index is -1.27. The molecular weight excluding hydrogens is 266 g/mol. The van der Waals surface area contributed by atoms with E-state index < -0.39 is 24.1 Å². The van der Waals surface area contributed by atoms with E-state index in [4.69, 9.17) is 10.5 Å². The lowest BCUT2D eigenvalue weighted by Gasteiger charge is -2.17. The monoisotopic (exact) mass is 283 g/mol. The van der Waals surface area contributed by atoms with Gasteiger partial charge in [-0.25, -0.2) is 4.79 Å². The lowest BCUT2D eigenvalue weighted by atomic mass is 10.0. The minimum Gasteiger partial charge on any atom is -0.482 e. The van der Waals surface area contributed by atoms with E-state index in [0.29, 0.717) is 11.3 Å². The van der Waals surface area contributed by atoms with Crippen LogP contribution in [0.2, 0.25) is 0 Å². The minimum absolute atomic E-state index is 0.220. The summed E-state index contributed by atoms with van der Waals surface area (Å²) in [7, 11) is 1.26. The van der Waals surface area contributed by atoms with Crippen LogP contribution in [0, 0.1) is 0 Å². The molecule has 2 atom stereocenters. The van der Waals surface area contributed by atoms with Gasteiger partial charge in [-0.2, -0.15) is 0 Å². The number of methoxy groups -OCH3 is 1. The van der Waals surface area contributed by atoms with Crippen molar-refractivity contribution in [3.8, 4) is 5.75 Å². The van der Waals surface area contributed by atoms with E-state index in [-0.39, 0.29) is 13.0 Å². The zero-order chi connectivity index (χ0) is 15.1. The van der Waals surface area contributed by atoms with Crippen molar-refractivity contribution in [3.63, 3.8) is 0 Å². The standard InChI is InChI=1S/C13H17NO6/c1-19-12(17)7-20-9-4-2-8(3-5-9)13(18)10(15)6-11(14)16/h2-5,10,13,15,18H,6-7H2,1H3,(H2,14,16). The van der Waals surface area contributed by atoms with Gasteiger partial charge in [0.15, 0.2) is 6.61 Å². The van der Waals surface area contributed by atoms with Gasteiger partial charge in [0.05, 0.1) is 19.6 Å². The van der Waals surface area contributed by atoms with Gasteiger partial charge < -0.3 is 25.4 Å². The lowest BCUT2D eigenvalue weighted by molar-refractivity contribution is -0.142. The summed E-state index contributed by atoms with van der Waals surface area (Å²) in [4.78, 5) is 21.6. The Balaban J connectivity index is 2.61. The van der Waals surface area contributed by atoms with Gasteiger partial charge in [0, 0.05) is 0 Å². The van der Waals surface area contributed by atoms with Crippen molar-refractivity contribution in [2.45, 2.75) is 18.6 Å². The Morgan fingerprint density at radius 2 is 1.85 bits per heavy atom. The number of esters is 1. The number of nitrogens with two attached hydrogens (primary N) is 1. The third-order valence-corrected chi connectivity index (χ3v) is 2.58. The number of carbonyl (C=O) groups excluding carboxylic acids is 2. The molecule has 1 aromatic rings. The topological polar surface area (TPSA) is 119 Å². The SMILES string of the molecule is COC(=O)COc1ccc(C(O)C(O)CC(N)=O)cc1. The van der Waals surface area contributed by atoms with Gasteiger partial charge in [0.25, 0.3) is 0 Å². The fourth-order valence-electron chi connectivity index (χ4n) is 1.50. The van der Waals surface area contributed by atoms with Gasteiger partial charge in [-0.05, 0) is 17.7 Å². The van der Waals surface area contributed by atoms with Crippen molar-refractivity contribution < 1.29 is 29.3 Å². The fraction of sp³-hybridized carbons (Fsp3) is 0.385. The summed E-state index contributed by atoms with van der Waals surface area (Å²) in [5, 5.41) is 19.4. The molecule has 0 saturated heterocycles. The summed E-state index contributed by atoms with van der Waals surface area (Å²) >= 11 is 0. The van der Waals surface area contributed by atoms with Crippen LogP contribution in [0.4, 0.5) is 0 Å². The summed E-state index contributed by atoms with van der Waals surface area (Å²) in [6.07, 6.45) is -2.83. The van der Waals surface area contributed by atoms with Crippen LogP contribution in [-0.2, 0) is 14.3 Å². The van der Waals surface area contributed by atoms with Crippen LogP contribution >= 0.6 is 0 Å². The second kappa shape index (κ2) is 7.46. The summed E-state index contributed by atoms with van der Waals surface area (Å²) in [6, 6.07) is 6.08. The van der Waals surface area contributed by atoms with E-state index in [1.165, 1.54) is 31.4 Å². The Hall–Kier alpha value is -2.12. The predicted molar refractivity (Wildman–Crippen MR) is 68.7 cm³/mol. The Morgan fingerprint density at radius 1 is 1.25 bits per heavy atom. The van der Waals surface area contributed by atoms with Crippen molar-refractivity contribution in [2.24, 2.45) is 5.73 Å². The fourth-order valence-corrected chi connectivity index (χ4v) is 1.50. The molecular formula is C13H17NO6. The molecule has 4 N–H and O–H groups in total. The average Bonchev–Trinajstić information content (AvgIpc) is 2.43. The molecule has 0 aliphatic rings. The first-order valence-electron chi connectivity index (χ1n) is 5.88. The number of hydrogen-bond donors (Lipinski definition) is 3. The number of ether oxygens (including phenoxy) is 2. The van der Waals surface area contributed by atoms with E-state index in [0.717, 1.165) is 0 Å². The van der Waals surface area contributed by atoms with E-state index in [1.54, 1.807) is 0 Å². The van der Waals surface area contributed by atoms with Crippen LogP contribution in [0.5, 0.6) is 5.75 Å². The molecule has 7 heteroatoms. The van der Waals surface area contributed by atoms with Gasteiger partial charge in [-0.15, -0.1) is 0 Å². The first-order valence-corrected chi connectivity index (χ1v) is 5.88. The molecule has 1 amide bonds. The average molecular weight is 283 g/mol. The van der Waals surface area contributed by atoms with Gasteiger partial charge >= 0.3 is 5.97 Å². The molecule has 2 unspecified atom stereocenters. The van der Waals surface area contributed by atoms with Crippen LogP contribution in [-0.4, -0.2) is 41.9 Å². The molecule has 20 heavy (non-hydrogen) atoms. The summed E-state index contributed by atoms with van der Waals surface area (Å²) in [6.45, 7) is -0.220. The van der Waals surface area contributed by atoms with Crippen molar-refractivity contribution >= 4 is 11.9 Å². The van der Waals surface area contributed by atoms with E-state index in [2.05, 4.69) is 4.74 Å². The van der Waals surface area contributed by atoms with Gasteiger partial charge in [0.2, 0.25) is 5.91 Å². The van der Waals surface area contributed by atoms with Crippen LogP contribution in [0.15, 0.2) is 24.3 Å². The maximum Gasteiger partial charge on any atom is 0.343 e. The Morgan fingerprint density at radius 3 is 2.35 bits per heavy atom. The number of rotatable bonds is 7. The summed E-state index contributed by atoms with van der Waals surface area (Å²) in [5.74, 6) is -0.795. The van der Waals surface area contributed by atoms with E-state index in [9.17, 15) is 19.8 Å². The number of primary amides is 1. The molecule has 0 heterocycles. The maximum absolute atomic E-state index is 10.9. The summed E-state index contributed by atoms with van der Waals surface area (Å²) in [5.41, 5.74) is 5.35. The molecule has 7 nitrogen and oxygen atoms in total. The lowest BCUT2D eigenvalue weighted by Crippen LogP contribution is -2.25. The molecule has 0 spiro atoms. The highest BCUT2D eigenvalue weighted by atomic mass is 16.6. The van der Waals surface area contributed by atoms with E-state index in [1.807, 2.05) is 0 Å². The highest BCUT2D eigenvalue weighted by molar-refractivity contribution is 5.74. The zero-order valence-corrected chi connectivity index (χ0v) is 11.0. The summed E-state index contributed by atoms with van der Waals surface area (Å²) < 4.78 is 9.55. The van der Waals surface area contributed by atoms with Crippen molar-refractivity contribution in [3.05, 3.63) is 29.8 Å². The Labute approximate surface area is 115 Å². The molecule has 0 radical (unpaired) electrons. The smallest absolute Gasteiger partial charge is 0.343 e. The third kappa shape index (κ3) is 4.87. The number of aliphatic hydroxyl groups is 2. The molecule has 1 rings (SSSR count). The number of benzene rings is 1. The largest absolute Gasteiger partial charge is 0.482 e. The van der Waals surface area contributed by atoms with Gasteiger partial charge in [-0.1, -0.05) is 12.1 Å².